The number of nitrogens with zero attached hydrogens (tertiary/aromatic N) is 1. The predicted molar refractivity (Wildman–Crippen MR) is 83.3 cm³/mol. The maximum absolute atomic E-state index is 12.3. The van der Waals surface area contributed by atoms with Gasteiger partial charge in [-0.25, -0.2) is 0 Å². The summed E-state index contributed by atoms with van der Waals surface area (Å²) in [5.74, 6) is -2.37. The Bertz CT molecular complexity index is 546. The maximum Gasteiger partial charge on any atom is 0.311 e. The molecule has 0 aliphatic rings. The number of ether oxygens (including phenoxy) is 3. The van der Waals surface area contributed by atoms with Crippen molar-refractivity contribution < 1.29 is 23.8 Å². The van der Waals surface area contributed by atoms with Gasteiger partial charge in [0, 0.05) is 24.9 Å². The number of amides is 1. The number of nitrogens with one attached hydrogen (secondary N) is 1. The van der Waals surface area contributed by atoms with Crippen LogP contribution in [-0.4, -0.2) is 43.5 Å². The number of halogens is 1. The number of pyridine rings is 1. The van der Waals surface area contributed by atoms with E-state index in [1.165, 1.54) is 27.3 Å². The van der Waals surface area contributed by atoms with Gasteiger partial charge in [0.05, 0.1) is 24.4 Å². The van der Waals surface area contributed by atoms with Gasteiger partial charge in [-0.15, -0.1) is 0 Å². The van der Waals surface area contributed by atoms with Crippen LogP contribution in [0.2, 0.25) is 0 Å². The number of anilines is 1. The van der Waals surface area contributed by atoms with Crippen LogP contribution < -0.4 is 5.32 Å². The fourth-order valence-corrected chi connectivity index (χ4v) is 1.90. The monoisotopic (exact) mass is 374 g/mol. The number of carbonyl (C=O) groups excluding carboxylic acids is 2. The van der Waals surface area contributed by atoms with E-state index >= 15 is 0 Å². The second-order valence-corrected chi connectivity index (χ2v) is 5.35. The Morgan fingerprint density at radius 3 is 2.55 bits per heavy atom. The van der Waals surface area contributed by atoms with Crippen molar-refractivity contribution in [3.05, 3.63) is 22.4 Å². The minimum atomic E-state index is -1.44. The largest absolute Gasteiger partial charge is 0.466 e. The van der Waals surface area contributed by atoms with Crippen LogP contribution >= 0.6 is 15.9 Å². The summed E-state index contributed by atoms with van der Waals surface area (Å²) in [5, 5.41) is 2.65. The van der Waals surface area contributed by atoms with Crippen LogP contribution in [0.25, 0.3) is 0 Å². The second kappa shape index (κ2) is 8.21. The van der Waals surface area contributed by atoms with Gasteiger partial charge >= 0.3 is 5.97 Å². The molecule has 8 heteroatoms. The van der Waals surface area contributed by atoms with Crippen molar-refractivity contribution in [2.45, 2.75) is 26.1 Å². The van der Waals surface area contributed by atoms with Crippen molar-refractivity contribution in [2.75, 3.05) is 26.1 Å². The van der Waals surface area contributed by atoms with Crippen molar-refractivity contribution in [2.24, 2.45) is 0 Å². The molecule has 1 amide bonds. The molecule has 0 aliphatic carbocycles. The van der Waals surface area contributed by atoms with Gasteiger partial charge in [-0.2, -0.15) is 0 Å². The summed E-state index contributed by atoms with van der Waals surface area (Å²) in [4.78, 5) is 28.0. The van der Waals surface area contributed by atoms with Crippen LogP contribution in [0.15, 0.2) is 16.7 Å². The second-order valence-electron chi connectivity index (χ2n) is 4.44. The Kier molecular flexibility index (Phi) is 6.92. The molecule has 1 heterocycles. The minimum absolute atomic E-state index is 0.0482. The lowest BCUT2D eigenvalue weighted by molar-refractivity contribution is -0.195. The first-order valence-electron chi connectivity index (χ1n) is 6.58. The van der Waals surface area contributed by atoms with Gasteiger partial charge < -0.3 is 19.5 Å². The van der Waals surface area contributed by atoms with E-state index in [1.807, 2.05) is 0 Å². The molecule has 0 atom stereocenters. The zero-order valence-corrected chi connectivity index (χ0v) is 14.5. The van der Waals surface area contributed by atoms with Crippen molar-refractivity contribution >= 4 is 33.5 Å². The molecule has 122 valence electrons. The zero-order valence-electron chi connectivity index (χ0n) is 12.9. The van der Waals surface area contributed by atoms with E-state index in [9.17, 15) is 9.59 Å². The first-order valence-corrected chi connectivity index (χ1v) is 7.37. The Morgan fingerprint density at radius 2 is 2.00 bits per heavy atom. The summed E-state index contributed by atoms with van der Waals surface area (Å²) in [7, 11) is 2.73. The molecule has 0 saturated carbocycles. The molecule has 0 spiro atoms. The fraction of sp³-hybridized carbons (Fsp3) is 0.500. The molecule has 0 aliphatic heterocycles. The van der Waals surface area contributed by atoms with E-state index in [4.69, 9.17) is 14.2 Å². The highest BCUT2D eigenvalue weighted by Gasteiger charge is 2.33. The number of aromatic nitrogens is 1. The van der Waals surface area contributed by atoms with Crippen LogP contribution in [0, 0.1) is 0 Å². The molecule has 1 rings (SSSR count). The minimum Gasteiger partial charge on any atom is -0.466 e. The average molecular weight is 375 g/mol. The van der Waals surface area contributed by atoms with Crippen LogP contribution in [0.3, 0.4) is 0 Å². The lowest BCUT2D eigenvalue weighted by Crippen LogP contribution is -2.43. The standard InChI is InChI=1S/C14H19BrN2O5/c1-5-22-12(18)7-10-11(6-9(15)8-16-10)17-13(19)14(2,20-3)21-4/h6,8H,5,7H2,1-4H3,(H,17,19). The van der Waals surface area contributed by atoms with Gasteiger partial charge in [0.2, 0.25) is 5.79 Å². The first kappa shape index (κ1) is 18.5. The third kappa shape index (κ3) is 4.75. The molecule has 1 aromatic rings. The first-order chi connectivity index (χ1) is 10.4. The van der Waals surface area contributed by atoms with E-state index in [1.54, 1.807) is 13.0 Å². The highest BCUT2D eigenvalue weighted by Crippen LogP contribution is 2.22. The van der Waals surface area contributed by atoms with Crippen LogP contribution in [0.5, 0.6) is 0 Å². The molecular formula is C14H19BrN2O5. The van der Waals surface area contributed by atoms with E-state index in [0.29, 0.717) is 15.9 Å². The number of methoxy groups -OCH3 is 2. The normalized spacial score (nSPS) is 11.1. The summed E-state index contributed by atoms with van der Waals surface area (Å²) < 4.78 is 15.7. The Labute approximate surface area is 137 Å². The molecule has 0 bridgehead atoms. The highest BCUT2D eigenvalue weighted by molar-refractivity contribution is 9.10. The Hall–Kier alpha value is -1.51. The van der Waals surface area contributed by atoms with E-state index in [0.717, 1.165) is 0 Å². The van der Waals surface area contributed by atoms with Crippen molar-refractivity contribution in [1.29, 1.82) is 0 Å². The highest BCUT2D eigenvalue weighted by atomic mass is 79.9. The summed E-state index contributed by atoms with van der Waals surface area (Å²) in [6.45, 7) is 3.49. The molecule has 0 saturated heterocycles. The van der Waals surface area contributed by atoms with Gasteiger partial charge in [0.15, 0.2) is 0 Å². The number of esters is 1. The van der Waals surface area contributed by atoms with Gasteiger partial charge in [0.25, 0.3) is 5.91 Å². The molecular weight excluding hydrogens is 356 g/mol. The zero-order chi connectivity index (χ0) is 16.8. The molecule has 0 unspecified atom stereocenters. The number of hydrogen-bond donors (Lipinski definition) is 1. The topological polar surface area (TPSA) is 86.8 Å². The molecule has 0 radical (unpaired) electrons. The number of hydrogen-bond acceptors (Lipinski definition) is 6. The van der Waals surface area contributed by atoms with Crippen LogP contribution in [0.4, 0.5) is 5.69 Å². The summed E-state index contributed by atoms with van der Waals surface area (Å²) >= 11 is 3.28. The van der Waals surface area contributed by atoms with Crippen LogP contribution in [0.1, 0.15) is 19.5 Å². The molecule has 7 nitrogen and oxygen atoms in total. The van der Waals surface area contributed by atoms with E-state index < -0.39 is 17.7 Å². The quantitative estimate of drug-likeness (QED) is 0.579. The maximum atomic E-state index is 12.3. The summed E-state index contributed by atoms with van der Waals surface area (Å²) in [6, 6.07) is 1.64. The van der Waals surface area contributed by atoms with Gasteiger partial charge in [-0.3, -0.25) is 14.6 Å². The van der Waals surface area contributed by atoms with Gasteiger partial charge in [-0.05, 0) is 35.8 Å². The smallest absolute Gasteiger partial charge is 0.311 e. The third-order valence-electron chi connectivity index (χ3n) is 2.99. The predicted octanol–water partition coefficient (Wildman–Crippen LogP) is 1.90. The molecule has 0 aromatic carbocycles. The molecule has 22 heavy (non-hydrogen) atoms. The SMILES string of the molecule is CCOC(=O)Cc1ncc(Br)cc1NC(=O)C(C)(OC)OC. The average Bonchev–Trinajstić information content (AvgIpc) is 2.49. The van der Waals surface area contributed by atoms with E-state index in [-0.39, 0.29) is 13.0 Å². The van der Waals surface area contributed by atoms with Gasteiger partial charge in [0.1, 0.15) is 0 Å². The Morgan fingerprint density at radius 1 is 1.36 bits per heavy atom. The van der Waals surface area contributed by atoms with Crippen molar-refractivity contribution in [1.82, 2.24) is 4.98 Å². The van der Waals surface area contributed by atoms with Crippen molar-refractivity contribution in [3.63, 3.8) is 0 Å². The molecule has 0 fully saturated rings. The van der Waals surface area contributed by atoms with Crippen molar-refractivity contribution in [3.8, 4) is 0 Å². The lowest BCUT2D eigenvalue weighted by atomic mass is 10.2. The van der Waals surface area contributed by atoms with E-state index in [2.05, 4.69) is 26.2 Å². The fourth-order valence-electron chi connectivity index (χ4n) is 1.57. The molecule has 1 aromatic heterocycles. The lowest BCUT2D eigenvalue weighted by Gasteiger charge is -2.25. The summed E-state index contributed by atoms with van der Waals surface area (Å²) in [6.07, 6.45) is 1.49. The third-order valence-corrected chi connectivity index (χ3v) is 3.43. The Balaban J connectivity index is 3.00. The number of rotatable bonds is 7. The number of carbonyl (C=O) groups is 2. The summed E-state index contributed by atoms with van der Waals surface area (Å²) in [5.41, 5.74) is 0.775. The molecule has 1 N–H and O–H groups in total. The van der Waals surface area contributed by atoms with Crippen LogP contribution in [-0.2, 0) is 30.2 Å². The van der Waals surface area contributed by atoms with Gasteiger partial charge in [-0.1, -0.05) is 0 Å².